The Balaban J connectivity index is 2.21. The molecular weight excluding hydrogens is 326 g/mol. The molecule has 25 heavy (non-hydrogen) atoms. The van der Waals surface area contributed by atoms with Crippen molar-refractivity contribution in [3.63, 3.8) is 0 Å². The zero-order chi connectivity index (χ0) is 18.6. The van der Waals surface area contributed by atoms with E-state index in [0.29, 0.717) is 18.8 Å². The van der Waals surface area contributed by atoms with Gasteiger partial charge in [-0.2, -0.15) is 0 Å². The number of aliphatic hydroxyl groups is 1. The second-order valence-corrected chi connectivity index (χ2v) is 7.02. The van der Waals surface area contributed by atoms with Gasteiger partial charge in [0.15, 0.2) is 0 Å². The molecule has 0 unspecified atom stereocenters. The SMILES string of the molecule is CC(C)(C)OC(=O)N1Cc2cc(OCCCO)ccc2C[C@H]1C(=O)O. The minimum Gasteiger partial charge on any atom is -0.493 e. The number of ether oxygens (including phenoxy) is 2. The Morgan fingerprint density at radius 2 is 2.00 bits per heavy atom. The van der Waals surface area contributed by atoms with Crippen LogP contribution in [0.1, 0.15) is 38.3 Å². The fourth-order valence-electron chi connectivity index (χ4n) is 2.64. The maximum Gasteiger partial charge on any atom is 0.411 e. The van der Waals surface area contributed by atoms with Gasteiger partial charge in [0.2, 0.25) is 0 Å². The fourth-order valence-corrected chi connectivity index (χ4v) is 2.64. The molecule has 1 amide bonds. The average molecular weight is 351 g/mol. The first-order valence-electron chi connectivity index (χ1n) is 8.29. The van der Waals surface area contributed by atoms with Crippen molar-refractivity contribution in [2.75, 3.05) is 13.2 Å². The number of aliphatic carboxylic acids is 1. The predicted octanol–water partition coefficient (Wildman–Crippen LogP) is 2.19. The van der Waals surface area contributed by atoms with E-state index in [0.717, 1.165) is 11.1 Å². The van der Waals surface area contributed by atoms with E-state index in [9.17, 15) is 14.7 Å². The lowest BCUT2D eigenvalue weighted by Gasteiger charge is -2.35. The summed E-state index contributed by atoms with van der Waals surface area (Å²) in [5, 5.41) is 18.3. The maximum absolute atomic E-state index is 12.4. The highest BCUT2D eigenvalue weighted by molar-refractivity contribution is 5.81. The molecule has 0 aliphatic carbocycles. The number of benzene rings is 1. The number of carboxylic acid groups (broad SMARTS) is 1. The first-order valence-corrected chi connectivity index (χ1v) is 8.29. The summed E-state index contributed by atoms with van der Waals surface area (Å²) in [4.78, 5) is 25.2. The number of aliphatic hydroxyl groups excluding tert-OH is 1. The zero-order valence-corrected chi connectivity index (χ0v) is 14.8. The third-order valence-corrected chi connectivity index (χ3v) is 3.79. The number of hydrogen-bond acceptors (Lipinski definition) is 5. The number of fused-ring (bicyclic) bond motifs is 1. The van der Waals surface area contributed by atoms with E-state index in [1.165, 1.54) is 4.90 Å². The van der Waals surface area contributed by atoms with Crippen LogP contribution in [0.4, 0.5) is 4.79 Å². The second-order valence-electron chi connectivity index (χ2n) is 7.02. The standard InChI is InChI=1S/C18H25NO6/c1-18(2,3)25-17(23)19-11-13-9-14(24-8-4-7-20)6-5-12(13)10-15(19)16(21)22/h5-6,9,15,20H,4,7-8,10-11H2,1-3H3,(H,21,22)/t15-/m0/s1. The van der Waals surface area contributed by atoms with Gasteiger partial charge >= 0.3 is 12.1 Å². The third-order valence-electron chi connectivity index (χ3n) is 3.79. The molecule has 0 aromatic heterocycles. The number of carboxylic acids is 1. The van der Waals surface area contributed by atoms with Gasteiger partial charge in [0, 0.05) is 19.4 Å². The summed E-state index contributed by atoms with van der Waals surface area (Å²) >= 11 is 0. The molecule has 1 aliphatic heterocycles. The van der Waals surface area contributed by atoms with Crippen LogP contribution in [0, 0.1) is 0 Å². The maximum atomic E-state index is 12.4. The smallest absolute Gasteiger partial charge is 0.411 e. The van der Waals surface area contributed by atoms with Crippen LogP contribution >= 0.6 is 0 Å². The van der Waals surface area contributed by atoms with E-state index in [1.807, 2.05) is 12.1 Å². The van der Waals surface area contributed by atoms with Gasteiger partial charge in [0.05, 0.1) is 13.2 Å². The molecule has 0 saturated carbocycles. The molecule has 7 nitrogen and oxygen atoms in total. The number of hydrogen-bond donors (Lipinski definition) is 2. The Morgan fingerprint density at radius 1 is 1.28 bits per heavy atom. The van der Waals surface area contributed by atoms with Gasteiger partial charge < -0.3 is 19.7 Å². The molecule has 2 rings (SSSR count). The summed E-state index contributed by atoms with van der Waals surface area (Å²) in [6.07, 6.45) is 0.111. The summed E-state index contributed by atoms with van der Waals surface area (Å²) in [7, 11) is 0. The van der Waals surface area contributed by atoms with Crippen LogP contribution in [-0.2, 0) is 22.5 Å². The van der Waals surface area contributed by atoms with Crippen LogP contribution in [0.3, 0.4) is 0 Å². The van der Waals surface area contributed by atoms with Gasteiger partial charge in [-0.1, -0.05) is 6.07 Å². The Labute approximate surface area is 147 Å². The van der Waals surface area contributed by atoms with Crippen molar-refractivity contribution in [2.24, 2.45) is 0 Å². The van der Waals surface area contributed by atoms with Gasteiger partial charge in [-0.15, -0.1) is 0 Å². The molecule has 7 heteroatoms. The van der Waals surface area contributed by atoms with E-state index < -0.39 is 23.7 Å². The van der Waals surface area contributed by atoms with E-state index in [-0.39, 0.29) is 19.6 Å². The van der Waals surface area contributed by atoms with Crippen LogP contribution in [0.2, 0.25) is 0 Å². The van der Waals surface area contributed by atoms with Gasteiger partial charge in [-0.25, -0.2) is 9.59 Å². The van der Waals surface area contributed by atoms with Crippen LogP contribution in [0.5, 0.6) is 5.75 Å². The first kappa shape index (κ1) is 19.1. The quantitative estimate of drug-likeness (QED) is 0.790. The molecule has 2 N–H and O–H groups in total. The number of rotatable bonds is 5. The molecule has 1 aromatic rings. The van der Waals surface area contributed by atoms with Crippen molar-refractivity contribution in [1.82, 2.24) is 4.90 Å². The zero-order valence-electron chi connectivity index (χ0n) is 14.8. The molecule has 0 bridgehead atoms. The summed E-state index contributed by atoms with van der Waals surface area (Å²) in [5.74, 6) is -0.426. The highest BCUT2D eigenvalue weighted by atomic mass is 16.6. The summed E-state index contributed by atoms with van der Waals surface area (Å²) in [6, 6.07) is 4.45. The van der Waals surface area contributed by atoms with E-state index >= 15 is 0 Å². The van der Waals surface area contributed by atoms with E-state index in [1.54, 1.807) is 26.8 Å². The first-order chi connectivity index (χ1) is 11.7. The molecule has 1 heterocycles. The number of amides is 1. The van der Waals surface area contributed by atoms with Crippen LogP contribution < -0.4 is 4.74 Å². The minimum atomic E-state index is -1.06. The van der Waals surface area contributed by atoms with Crippen molar-refractivity contribution >= 4 is 12.1 Å². The average Bonchev–Trinajstić information content (AvgIpc) is 2.52. The van der Waals surface area contributed by atoms with Crippen molar-refractivity contribution in [3.05, 3.63) is 29.3 Å². The van der Waals surface area contributed by atoms with Crippen LogP contribution in [-0.4, -0.2) is 52.0 Å². The Hall–Kier alpha value is -2.28. The lowest BCUT2D eigenvalue weighted by Crippen LogP contribution is -2.50. The molecule has 1 atom stereocenters. The predicted molar refractivity (Wildman–Crippen MR) is 90.5 cm³/mol. The van der Waals surface area contributed by atoms with Crippen LogP contribution in [0.15, 0.2) is 18.2 Å². The monoisotopic (exact) mass is 351 g/mol. The van der Waals surface area contributed by atoms with Crippen molar-refractivity contribution < 1.29 is 29.3 Å². The molecule has 1 aromatic carbocycles. The topological polar surface area (TPSA) is 96.3 Å². The fraction of sp³-hybridized carbons (Fsp3) is 0.556. The third kappa shape index (κ3) is 5.09. The molecule has 0 saturated heterocycles. The summed E-state index contributed by atoms with van der Waals surface area (Å²) < 4.78 is 10.9. The Morgan fingerprint density at radius 3 is 2.60 bits per heavy atom. The lowest BCUT2D eigenvalue weighted by molar-refractivity contribution is -0.143. The Bertz CT molecular complexity index is 637. The molecule has 0 radical (unpaired) electrons. The van der Waals surface area contributed by atoms with Crippen molar-refractivity contribution in [1.29, 1.82) is 0 Å². The van der Waals surface area contributed by atoms with E-state index in [2.05, 4.69) is 0 Å². The van der Waals surface area contributed by atoms with Gasteiger partial charge in [0.1, 0.15) is 17.4 Å². The van der Waals surface area contributed by atoms with Crippen molar-refractivity contribution in [2.45, 2.75) is 51.8 Å². The molecule has 138 valence electrons. The summed E-state index contributed by atoms with van der Waals surface area (Å²) in [6.45, 7) is 5.82. The van der Waals surface area contributed by atoms with Crippen LogP contribution in [0.25, 0.3) is 0 Å². The number of carbonyl (C=O) groups is 2. The Kier molecular flexibility index (Phi) is 5.89. The summed E-state index contributed by atoms with van der Waals surface area (Å²) in [5.41, 5.74) is 1.02. The normalized spacial score (nSPS) is 17.0. The van der Waals surface area contributed by atoms with Gasteiger partial charge in [-0.3, -0.25) is 4.90 Å². The van der Waals surface area contributed by atoms with Crippen molar-refractivity contribution in [3.8, 4) is 5.75 Å². The highest BCUT2D eigenvalue weighted by Crippen LogP contribution is 2.28. The number of carbonyl (C=O) groups excluding carboxylic acids is 1. The molecule has 0 fully saturated rings. The van der Waals surface area contributed by atoms with E-state index in [4.69, 9.17) is 14.6 Å². The second kappa shape index (κ2) is 7.74. The minimum absolute atomic E-state index is 0.0532. The molecule has 0 spiro atoms. The lowest BCUT2D eigenvalue weighted by atomic mass is 9.94. The highest BCUT2D eigenvalue weighted by Gasteiger charge is 2.37. The van der Waals surface area contributed by atoms with Gasteiger partial charge in [-0.05, 0) is 44.0 Å². The molecule has 1 aliphatic rings. The number of nitrogens with zero attached hydrogens (tertiary/aromatic N) is 1. The molecular formula is C18H25NO6. The van der Waals surface area contributed by atoms with Gasteiger partial charge in [0.25, 0.3) is 0 Å². The largest absolute Gasteiger partial charge is 0.493 e.